The van der Waals surface area contributed by atoms with E-state index in [0.717, 1.165) is 24.5 Å². The van der Waals surface area contributed by atoms with Crippen molar-refractivity contribution in [2.75, 3.05) is 6.54 Å². The van der Waals surface area contributed by atoms with Crippen LogP contribution in [0.3, 0.4) is 0 Å². The summed E-state index contributed by atoms with van der Waals surface area (Å²) in [4.78, 5) is 19.1. The summed E-state index contributed by atoms with van der Waals surface area (Å²) in [6.07, 6.45) is 4.21. The van der Waals surface area contributed by atoms with Crippen molar-refractivity contribution in [1.29, 1.82) is 0 Å². The van der Waals surface area contributed by atoms with Gasteiger partial charge >= 0.3 is 0 Å². The van der Waals surface area contributed by atoms with Crippen LogP contribution in [0, 0.1) is 0 Å². The fraction of sp³-hybridized carbons (Fsp3) is 0.286. The van der Waals surface area contributed by atoms with Crippen LogP contribution in [0.4, 0.5) is 0 Å². The zero-order valence-electron chi connectivity index (χ0n) is 10.6. The van der Waals surface area contributed by atoms with Crippen LogP contribution >= 0.6 is 0 Å². The van der Waals surface area contributed by atoms with Crippen molar-refractivity contribution >= 4 is 5.91 Å². The van der Waals surface area contributed by atoms with E-state index in [4.69, 9.17) is 0 Å². The fourth-order valence-corrected chi connectivity index (χ4v) is 2.27. The molecule has 1 aliphatic heterocycles. The molecule has 0 atom stereocenters. The lowest BCUT2D eigenvalue weighted by atomic mass is 10.1. The fourth-order valence-electron chi connectivity index (χ4n) is 2.27. The summed E-state index contributed by atoms with van der Waals surface area (Å²) in [6, 6.07) is 5.88. The van der Waals surface area contributed by atoms with E-state index in [1.54, 1.807) is 12.4 Å². The van der Waals surface area contributed by atoms with Crippen molar-refractivity contribution in [1.82, 2.24) is 20.6 Å². The number of amides is 1. The summed E-state index contributed by atoms with van der Waals surface area (Å²) in [5, 5.41) is 6.18. The van der Waals surface area contributed by atoms with Gasteiger partial charge in [-0.1, -0.05) is 6.07 Å². The molecule has 5 heteroatoms. The number of rotatable bonds is 4. The van der Waals surface area contributed by atoms with Gasteiger partial charge in [-0.2, -0.15) is 0 Å². The zero-order valence-corrected chi connectivity index (χ0v) is 10.6. The van der Waals surface area contributed by atoms with Gasteiger partial charge in [-0.15, -0.1) is 0 Å². The van der Waals surface area contributed by atoms with Gasteiger partial charge in [0, 0.05) is 44.0 Å². The number of benzene rings is 1. The Kier molecular flexibility index (Phi) is 3.29. The minimum Gasteiger partial charge on any atom is -0.352 e. The number of hydrogen-bond donors (Lipinski definition) is 3. The van der Waals surface area contributed by atoms with Crippen molar-refractivity contribution in [2.45, 2.75) is 19.5 Å². The smallest absolute Gasteiger partial charge is 0.251 e. The third-order valence-corrected chi connectivity index (χ3v) is 3.30. The van der Waals surface area contributed by atoms with E-state index in [-0.39, 0.29) is 5.91 Å². The number of carbonyl (C=O) groups excluding carboxylic acids is 1. The number of imidazole rings is 1. The van der Waals surface area contributed by atoms with E-state index >= 15 is 0 Å². The second-order valence-corrected chi connectivity index (χ2v) is 4.63. The second-order valence-electron chi connectivity index (χ2n) is 4.63. The highest BCUT2D eigenvalue weighted by Gasteiger charge is 2.13. The first-order valence-electron chi connectivity index (χ1n) is 6.42. The quantitative estimate of drug-likeness (QED) is 0.764. The number of nitrogens with one attached hydrogen (secondary N) is 3. The summed E-state index contributed by atoms with van der Waals surface area (Å²) >= 11 is 0. The van der Waals surface area contributed by atoms with E-state index < -0.39 is 0 Å². The number of H-pyrrole nitrogens is 1. The molecule has 2 aromatic rings. The Hall–Kier alpha value is -2.14. The van der Waals surface area contributed by atoms with Gasteiger partial charge in [0.25, 0.3) is 5.91 Å². The molecule has 0 unspecified atom stereocenters. The molecule has 1 aliphatic rings. The maximum atomic E-state index is 12.0. The van der Waals surface area contributed by atoms with Crippen molar-refractivity contribution < 1.29 is 4.79 Å². The van der Waals surface area contributed by atoms with Gasteiger partial charge in [-0.25, -0.2) is 4.98 Å². The molecule has 1 aromatic carbocycles. The monoisotopic (exact) mass is 256 g/mol. The molecule has 2 heterocycles. The van der Waals surface area contributed by atoms with Gasteiger partial charge in [0.05, 0.1) is 0 Å². The molecule has 3 rings (SSSR count). The van der Waals surface area contributed by atoms with Crippen molar-refractivity contribution in [3.05, 3.63) is 53.1 Å². The maximum Gasteiger partial charge on any atom is 0.251 e. The molecular formula is C14H16N4O. The standard InChI is InChI=1S/C14H16N4O/c19-14(18-4-3-13-16-5-6-17-13)10-1-2-11-8-15-9-12(11)7-10/h1-2,5-7,15H,3-4,8-9H2,(H,16,17)(H,18,19). The SMILES string of the molecule is O=C(NCCc1ncc[nH]1)c1ccc2c(c1)CNC2. The minimum atomic E-state index is -0.0266. The average Bonchev–Trinajstić information content (AvgIpc) is 3.08. The molecule has 0 saturated heterocycles. The Labute approximate surface area is 111 Å². The number of aromatic amines is 1. The number of nitrogens with zero attached hydrogens (tertiary/aromatic N) is 1. The van der Waals surface area contributed by atoms with Gasteiger partial charge in [0.15, 0.2) is 0 Å². The van der Waals surface area contributed by atoms with Crippen molar-refractivity contribution in [3.63, 3.8) is 0 Å². The molecule has 0 bridgehead atoms. The molecule has 98 valence electrons. The first-order chi connectivity index (χ1) is 9.33. The number of aromatic nitrogens is 2. The Bertz CT molecular complexity index is 577. The molecule has 1 aromatic heterocycles. The summed E-state index contributed by atoms with van der Waals surface area (Å²) in [5.41, 5.74) is 3.23. The molecule has 0 radical (unpaired) electrons. The second kappa shape index (κ2) is 5.24. The summed E-state index contributed by atoms with van der Waals surface area (Å²) in [5.74, 6) is 0.861. The van der Waals surface area contributed by atoms with Crippen LogP contribution in [0.5, 0.6) is 0 Å². The molecule has 0 fully saturated rings. The van der Waals surface area contributed by atoms with Gasteiger partial charge in [0.1, 0.15) is 5.82 Å². The topological polar surface area (TPSA) is 69.8 Å². The van der Waals surface area contributed by atoms with Crippen LogP contribution in [0.25, 0.3) is 0 Å². The largest absolute Gasteiger partial charge is 0.352 e. The van der Waals surface area contributed by atoms with E-state index in [9.17, 15) is 4.79 Å². The zero-order chi connectivity index (χ0) is 13.1. The van der Waals surface area contributed by atoms with Crippen molar-refractivity contribution in [3.8, 4) is 0 Å². The molecule has 19 heavy (non-hydrogen) atoms. The Morgan fingerprint density at radius 3 is 3.05 bits per heavy atom. The van der Waals surface area contributed by atoms with Crippen molar-refractivity contribution in [2.24, 2.45) is 0 Å². The first-order valence-corrected chi connectivity index (χ1v) is 6.42. The van der Waals surface area contributed by atoms with E-state index in [1.807, 2.05) is 18.2 Å². The van der Waals surface area contributed by atoms with Crippen LogP contribution in [0.15, 0.2) is 30.6 Å². The van der Waals surface area contributed by atoms with Crippen LogP contribution in [0.2, 0.25) is 0 Å². The summed E-state index contributed by atoms with van der Waals surface area (Å²) < 4.78 is 0. The lowest BCUT2D eigenvalue weighted by Gasteiger charge is -2.06. The molecule has 0 spiro atoms. The lowest BCUT2D eigenvalue weighted by molar-refractivity contribution is 0.0954. The van der Waals surface area contributed by atoms with Crippen LogP contribution in [0.1, 0.15) is 27.3 Å². The van der Waals surface area contributed by atoms with Crippen LogP contribution in [-0.2, 0) is 19.5 Å². The Morgan fingerprint density at radius 1 is 1.32 bits per heavy atom. The van der Waals surface area contributed by atoms with E-state index in [1.165, 1.54) is 11.1 Å². The third-order valence-electron chi connectivity index (χ3n) is 3.30. The highest BCUT2D eigenvalue weighted by molar-refractivity contribution is 5.94. The highest BCUT2D eigenvalue weighted by Crippen LogP contribution is 2.16. The first kappa shape index (κ1) is 11.9. The van der Waals surface area contributed by atoms with Gasteiger partial charge in [-0.05, 0) is 23.3 Å². The molecule has 0 saturated carbocycles. The Balaban J connectivity index is 1.58. The predicted octanol–water partition coefficient (Wildman–Crippen LogP) is 0.985. The predicted molar refractivity (Wildman–Crippen MR) is 71.6 cm³/mol. The molecule has 5 nitrogen and oxygen atoms in total. The summed E-state index contributed by atoms with van der Waals surface area (Å²) in [7, 11) is 0. The number of hydrogen-bond acceptors (Lipinski definition) is 3. The third kappa shape index (κ3) is 2.66. The van der Waals surface area contributed by atoms with Gasteiger partial charge in [-0.3, -0.25) is 4.79 Å². The molecule has 1 amide bonds. The van der Waals surface area contributed by atoms with Gasteiger partial charge in [0.2, 0.25) is 0 Å². The van der Waals surface area contributed by atoms with Crippen LogP contribution < -0.4 is 10.6 Å². The molecule has 3 N–H and O–H groups in total. The molecular weight excluding hydrogens is 240 g/mol. The minimum absolute atomic E-state index is 0.0266. The highest BCUT2D eigenvalue weighted by atomic mass is 16.1. The van der Waals surface area contributed by atoms with Crippen LogP contribution in [-0.4, -0.2) is 22.4 Å². The maximum absolute atomic E-state index is 12.0. The lowest BCUT2D eigenvalue weighted by Crippen LogP contribution is -2.26. The number of fused-ring (bicyclic) bond motifs is 1. The Morgan fingerprint density at radius 2 is 2.21 bits per heavy atom. The molecule has 0 aliphatic carbocycles. The van der Waals surface area contributed by atoms with Gasteiger partial charge < -0.3 is 15.6 Å². The van der Waals surface area contributed by atoms with E-state index in [2.05, 4.69) is 20.6 Å². The summed E-state index contributed by atoms with van der Waals surface area (Å²) in [6.45, 7) is 2.33. The number of carbonyl (C=O) groups is 1. The average molecular weight is 256 g/mol. The van der Waals surface area contributed by atoms with E-state index in [0.29, 0.717) is 13.0 Å². The normalized spacial score (nSPS) is 13.3.